The highest BCUT2D eigenvalue weighted by molar-refractivity contribution is 5.82. The number of carbonyl (C=O) groups excluding carboxylic acids is 1. The second-order valence-corrected chi connectivity index (χ2v) is 5.53. The first kappa shape index (κ1) is 16.4. The first-order chi connectivity index (χ1) is 7.79. The van der Waals surface area contributed by atoms with Gasteiger partial charge in [0.25, 0.3) is 0 Å². The van der Waals surface area contributed by atoms with Crippen LogP contribution in [0.1, 0.15) is 34.1 Å². The molecule has 17 heavy (non-hydrogen) atoms. The third kappa shape index (κ3) is 6.03. The molecule has 102 valence electrons. The van der Waals surface area contributed by atoms with E-state index in [1.807, 2.05) is 21.0 Å². The zero-order valence-electron chi connectivity index (χ0n) is 12.2. The maximum absolute atomic E-state index is 12.0. The second kappa shape index (κ2) is 7.67. The molecule has 4 heteroatoms. The zero-order valence-corrected chi connectivity index (χ0v) is 12.2. The summed E-state index contributed by atoms with van der Waals surface area (Å²) in [6.07, 6.45) is 0.925. The summed E-state index contributed by atoms with van der Waals surface area (Å²) in [5.41, 5.74) is 5.92. The number of nitrogens with zero attached hydrogens (tertiary/aromatic N) is 1. The number of amides is 1. The predicted octanol–water partition coefficient (Wildman–Crippen LogP) is 1.06. The summed E-state index contributed by atoms with van der Waals surface area (Å²) in [6, 6.07) is -0.240. The summed E-state index contributed by atoms with van der Waals surface area (Å²) in [7, 11) is 4.02. The molecule has 0 aliphatic rings. The first-order valence-corrected chi connectivity index (χ1v) is 6.50. The molecule has 0 heterocycles. The molecular formula is C13H29N3O. The molecule has 0 rings (SSSR count). The largest absolute Gasteiger partial charge is 0.350 e. The molecule has 0 saturated heterocycles. The van der Waals surface area contributed by atoms with Crippen LogP contribution in [-0.4, -0.2) is 43.5 Å². The van der Waals surface area contributed by atoms with Crippen molar-refractivity contribution in [3.63, 3.8) is 0 Å². The van der Waals surface area contributed by atoms with Gasteiger partial charge in [-0.15, -0.1) is 0 Å². The van der Waals surface area contributed by atoms with Crippen LogP contribution < -0.4 is 11.1 Å². The van der Waals surface area contributed by atoms with Crippen molar-refractivity contribution in [1.29, 1.82) is 0 Å². The van der Waals surface area contributed by atoms with Crippen LogP contribution in [0.3, 0.4) is 0 Å². The van der Waals surface area contributed by atoms with Crippen molar-refractivity contribution in [2.24, 2.45) is 17.6 Å². The van der Waals surface area contributed by atoms with Crippen LogP contribution in [-0.2, 0) is 4.79 Å². The Kier molecular flexibility index (Phi) is 7.39. The summed E-state index contributed by atoms with van der Waals surface area (Å²) in [6.45, 7) is 9.14. The van der Waals surface area contributed by atoms with Gasteiger partial charge in [-0.3, -0.25) is 4.79 Å². The number of hydrogen-bond acceptors (Lipinski definition) is 3. The lowest BCUT2D eigenvalue weighted by Gasteiger charge is -2.28. The molecule has 0 aromatic carbocycles. The number of likely N-dealkylation sites (N-methyl/N-ethyl adjacent to an activating group) is 1. The Morgan fingerprint density at radius 3 is 2.18 bits per heavy atom. The maximum Gasteiger partial charge on any atom is 0.237 e. The first-order valence-electron chi connectivity index (χ1n) is 6.50. The molecule has 0 aliphatic carbocycles. The fourth-order valence-corrected chi connectivity index (χ4v) is 1.61. The summed E-state index contributed by atoms with van der Waals surface area (Å²) in [4.78, 5) is 14.1. The average Bonchev–Trinajstić information content (AvgIpc) is 2.25. The third-order valence-corrected chi connectivity index (χ3v) is 3.25. The molecule has 1 amide bonds. The van der Waals surface area contributed by atoms with E-state index < -0.39 is 6.04 Å². The molecule has 3 unspecified atom stereocenters. The molecule has 3 atom stereocenters. The van der Waals surface area contributed by atoms with Gasteiger partial charge in [0.05, 0.1) is 6.04 Å². The lowest BCUT2D eigenvalue weighted by molar-refractivity contribution is -0.124. The Labute approximate surface area is 106 Å². The Morgan fingerprint density at radius 2 is 1.82 bits per heavy atom. The Hall–Kier alpha value is -0.610. The minimum Gasteiger partial charge on any atom is -0.350 e. The maximum atomic E-state index is 12.0. The molecule has 0 fully saturated rings. The fraction of sp³-hybridized carbons (Fsp3) is 0.923. The molecule has 0 aromatic heterocycles. The lowest BCUT2D eigenvalue weighted by Crippen LogP contribution is -2.52. The number of hydrogen-bond donors (Lipinski definition) is 2. The van der Waals surface area contributed by atoms with Gasteiger partial charge in [-0.05, 0) is 25.9 Å². The Bertz CT molecular complexity index is 229. The van der Waals surface area contributed by atoms with Gasteiger partial charge in [-0.25, -0.2) is 0 Å². The summed E-state index contributed by atoms with van der Waals surface area (Å²) >= 11 is 0. The standard InChI is InChI=1S/C13H29N3O/c1-7-10(4)12(14)13(17)15-11(9(2)3)8-16(5)6/h9-12H,7-8,14H2,1-6H3,(H,15,17). The van der Waals surface area contributed by atoms with Crippen molar-refractivity contribution < 1.29 is 4.79 Å². The van der Waals surface area contributed by atoms with Crippen molar-refractivity contribution in [1.82, 2.24) is 10.2 Å². The average molecular weight is 243 g/mol. The highest BCUT2D eigenvalue weighted by atomic mass is 16.2. The van der Waals surface area contributed by atoms with Crippen LogP contribution in [0.5, 0.6) is 0 Å². The SMILES string of the molecule is CCC(C)C(N)C(=O)NC(CN(C)C)C(C)C. The topological polar surface area (TPSA) is 58.4 Å². The van der Waals surface area contributed by atoms with Gasteiger partial charge in [0.1, 0.15) is 0 Å². The Morgan fingerprint density at radius 1 is 1.29 bits per heavy atom. The van der Waals surface area contributed by atoms with Crippen molar-refractivity contribution in [3.8, 4) is 0 Å². The minimum atomic E-state index is -0.400. The van der Waals surface area contributed by atoms with Gasteiger partial charge < -0.3 is 16.0 Å². The number of nitrogens with two attached hydrogens (primary N) is 1. The van der Waals surface area contributed by atoms with E-state index in [2.05, 4.69) is 31.0 Å². The lowest BCUT2D eigenvalue weighted by atomic mass is 9.97. The summed E-state index contributed by atoms with van der Waals surface area (Å²) in [5.74, 6) is 0.604. The van der Waals surface area contributed by atoms with E-state index in [1.165, 1.54) is 0 Å². The van der Waals surface area contributed by atoms with Gasteiger partial charge in [-0.1, -0.05) is 34.1 Å². The molecular weight excluding hydrogens is 214 g/mol. The number of rotatable bonds is 7. The third-order valence-electron chi connectivity index (χ3n) is 3.25. The highest BCUT2D eigenvalue weighted by Crippen LogP contribution is 2.08. The molecule has 0 aromatic rings. The molecule has 0 radical (unpaired) electrons. The molecule has 0 bridgehead atoms. The van der Waals surface area contributed by atoms with Gasteiger partial charge in [0.15, 0.2) is 0 Å². The quantitative estimate of drug-likeness (QED) is 0.703. The van der Waals surface area contributed by atoms with E-state index >= 15 is 0 Å². The normalized spacial score (nSPS) is 17.0. The van der Waals surface area contributed by atoms with E-state index in [9.17, 15) is 4.79 Å². The van der Waals surface area contributed by atoms with Crippen molar-refractivity contribution in [2.45, 2.75) is 46.2 Å². The summed E-state index contributed by atoms with van der Waals surface area (Å²) in [5, 5.41) is 3.06. The van der Waals surface area contributed by atoms with Crippen molar-refractivity contribution in [3.05, 3.63) is 0 Å². The van der Waals surface area contributed by atoms with Crippen molar-refractivity contribution >= 4 is 5.91 Å². The molecule has 0 saturated carbocycles. The van der Waals surface area contributed by atoms with E-state index in [-0.39, 0.29) is 17.9 Å². The van der Waals surface area contributed by atoms with Gasteiger partial charge >= 0.3 is 0 Å². The molecule has 0 aliphatic heterocycles. The van der Waals surface area contributed by atoms with E-state index in [0.29, 0.717) is 5.92 Å². The van der Waals surface area contributed by atoms with Crippen LogP contribution in [0.2, 0.25) is 0 Å². The Balaban J connectivity index is 4.40. The fourth-order valence-electron chi connectivity index (χ4n) is 1.61. The van der Waals surface area contributed by atoms with Gasteiger partial charge in [-0.2, -0.15) is 0 Å². The van der Waals surface area contributed by atoms with Crippen LogP contribution in [0, 0.1) is 11.8 Å². The van der Waals surface area contributed by atoms with Crippen molar-refractivity contribution in [2.75, 3.05) is 20.6 Å². The predicted molar refractivity (Wildman–Crippen MR) is 72.8 cm³/mol. The zero-order chi connectivity index (χ0) is 13.6. The highest BCUT2D eigenvalue weighted by Gasteiger charge is 2.23. The molecule has 3 N–H and O–H groups in total. The monoisotopic (exact) mass is 243 g/mol. The van der Waals surface area contributed by atoms with Crippen LogP contribution in [0.4, 0.5) is 0 Å². The second-order valence-electron chi connectivity index (χ2n) is 5.53. The van der Waals surface area contributed by atoms with E-state index in [1.54, 1.807) is 0 Å². The number of nitrogens with one attached hydrogen (secondary N) is 1. The smallest absolute Gasteiger partial charge is 0.237 e. The molecule has 4 nitrogen and oxygen atoms in total. The number of carbonyl (C=O) groups is 1. The van der Waals surface area contributed by atoms with Crippen LogP contribution in [0.25, 0.3) is 0 Å². The molecule has 0 spiro atoms. The van der Waals surface area contributed by atoms with E-state index in [0.717, 1.165) is 13.0 Å². The van der Waals surface area contributed by atoms with Gasteiger partial charge in [0, 0.05) is 12.6 Å². The minimum absolute atomic E-state index is 0.0279. The summed E-state index contributed by atoms with van der Waals surface area (Å²) < 4.78 is 0. The van der Waals surface area contributed by atoms with E-state index in [4.69, 9.17) is 5.73 Å². The van der Waals surface area contributed by atoms with Gasteiger partial charge in [0.2, 0.25) is 5.91 Å². The van der Waals surface area contributed by atoms with Crippen LogP contribution >= 0.6 is 0 Å². The van der Waals surface area contributed by atoms with Crippen LogP contribution in [0.15, 0.2) is 0 Å².